The Bertz CT molecular complexity index is 870. The van der Waals surface area contributed by atoms with Gasteiger partial charge in [0.15, 0.2) is 5.17 Å². The van der Waals surface area contributed by atoms with Crippen molar-refractivity contribution in [2.45, 2.75) is 6.42 Å². The number of aliphatic imine (C=N–C) groups is 1. The van der Waals surface area contributed by atoms with E-state index in [2.05, 4.69) is 22.4 Å². The maximum Gasteiger partial charge on any atom is 0.264 e. The highest BCUT2D eigenvalue weighted by atomic mass is 32.2. The second-order valence-electron chi connectivity index (χ2n) is 5.24. The largest absolute Gasteiger partial charge is 0.493 e. The van der Waals surface area contributed by atoms with Gasteiger partial charge in [-0.25, -0.2) is 0 Å². The van der Waals surface area contributed by atoms with Crippen molar-refractivity contribution >= 4 is 28.9 Å². The maximum absolute atomic E-state index is 11.9. The van der Waals surface area contributed by atoms with Gasteiger partial charge in [-0.3, -0.25) is 10.1 Å². The predicted octanol–water partition coefficient (Wildman–Crippen LogP) is 3.35. The van der Waals surface area contributed by atoms with Crippen LogP contribution in [0.4, 0.5) is 0 Å². The Morgan fingerprint density at radius 1 is 1.20 bits per heavy atom. The van der Waals surface area contributed by atoms with Gasteiger partial charge >= 0.3 is 0 Å². The van der Waals surface area contributed by atoms with E-state index < -0.39 is 0 Å². The Hall–Kier alpha value is -3.04. The molecule has 1 saturated heterocycles. The van der Waals surface area contributed by atoms with Crippen LogP contribution in [-0.2, 0) is 11.2 Å². The van der Waals surface area contributed by atoms with E-state index in [1.54, 1.807) is 12.3 Å². The minimum atomic E-state index is -0.255. The molecule has 1 aliphatic heterocycles. The van der Waals surface area contributed by atoms with Gasteiger partial charge in [0.05, 0.1) is 11.5 Å². The molecule has 1 amide bonds. The summed E-state index contributed by atoms with van der Waals surface area (Å²) in [5.74, 6) is 0.494. The smallest absolute Gasteiger partial charge is 0.264 e. The third kappa shape index (κ3) is 4.72. The first-order valence-corrected chi connectivity index (χ1v) is 8.51. The topological polar surface area (TPSA) is 74.5 Å². The van der Waals surface area contributed by atoms with Crippen molar-refractivity contribution in [3.63, 3.8) is 0 Å². The van der Waals surface area contributed by atoms with Crippen LogP contribution < -0.4 is 10.1 Å². The summed E-state index contributed by atoms with van der Waals surface area (Å²) in [6.45, 7) is 0.582. The molecule has 3 rings (SSSR count). The SMILES string of the molecule is N#CN=C1NC(=O)C(=Cc2cccc(OCCc3ccccc3)c2)S1. The van der Waals surface area contributed by atoms with Crippen LogP contribution in [0.25, 0.3) is 6.08 Å². The Morgan fingerprint density at radius 2 is 2.04 bits per heavy atom. The van der Waals surface area contributed by atoms with E-state index in [4.69, 9.17) is 10.00 Å². The normalized spacial score (nSPS) is 16.7. The zero-order chi connectivity index (χ0) is 17.5. The fourth-order valence-corrected chi connectivity index (χ4v) is 3.08. The summed E-state index contributed by atoms with van der Waals surface area (Å²) in [7, 11) is 0. The van der Waals surface area contributed by atoms with Gasteiger partial charge in [-0.2, -0.15) is 5.26 Å². The van der Waals surface area contributed by atoms with Crippen LogP contribution in [-0.4, -0.2) is 17.7 Å². The number of amides is 1. The van der Waals surface area contributed by atoms with Gasteiger partial charge < -0.3 is 4.74 Å². The lowest BCUT2D eigenvalue weighted by Crippen LogP contribution is -2.19. The van der Waals surface area contributed by atoms with Crippen molar-refractivity contribution < 1.29 is 9.53 Å². The molecule has 0 aliphatic carbocycles. The number of ether oxygens (including phenoxy) is 1. The zero-order valence-corrected chi connectivity index (χ0v) is 14.1. The fourth-order valence-electron chi connectivity index (χ4n) is 2.30. The molecule has 0 aromatic heterocycles. The molecule has 1 aliphatic rings. The van der Waals surface area contributed by atoms with E-state index in [1.807, 2.05) is 42.5 Å². The Labute approximate surface area is 150 Å². The van der Waals surface area contributed by atoms with Crippen LogP contribution in [0, 0.1) is 11.5 Å². The first-order valence-electron chi connectivity index (χ1n) is 7.69. The monoisotopic (exact) mass is 349 g/mol. The Morgan fingerprint density at radius 3 is 2.84 bits per heavy atom. The second-order valence-corrected chi connectivity index (χ2v) is 6.27. The van der Waals surface area contributed by atoms with Crippen molar-refractivity contribution in [1.29, 1.82) is 5.26 Å². The number of rotatable bonds is 5. The van der Waals surface area contributed by atoms with E-state index in [1.165, 1.54) is 5.56 Å². The molecule has 0 radical (unpaired) electrons. The van der Waals surface area contributed by atoms with Gasteiger partial charge in [-0.1, -0.05) is 42.5 Å². The number of carbonyl (C=O) groups excluding carboxylic acids is 1. The van der Waals surface area contributed by atoms with Crippen LogP contribution >= 0.6 is 11.8 Å². The molecule has 0 bridgehead atoms. The summed E-state index contributed by atoms with van der Waals surface area (Å²) >= 11 is 1.15. The van der Waals surface area contributed by atoms with Gasteiger partial charge in [-0.05, 0) is 41.1 Å². The number of carbonyl (C=O) groups is 1. The highest BCUT2D eigenvalue weighted by Gasteiger charge is 2.23. The van der Waals surface area contributed by atoms with Crippen molar-refractivity contribution in [3.05, 3.63) is 70.6 Å². The molecule has 25 heavy (non-hydrogen) atoms. The molecule has 2 aromatic carbocycles. The lowest BCUT2D eigenvalue weighted by Gasteiger charge is -2.07. The summed E-state index contributed by atoms with van der Waals surface area (Å²) in [5.41, 5.74) is 2.08. The zero-order valence-electron chi connectivity index (χ0n) is 13.3. The third-order valence-corrected chi connectivity index (χ3v) is 4.37. The van der Waals surface area contributed by atoms with Crippen molar-refractivity contribution in [2.75, 3.05) is 6.61 Å². The molecule has 124 valence electrons. The van der Waals surface area contributed by atoms with Crippen LogP contribution in [0.15, 0.2) is 64.5 Å². The minimum absolute atomic E-state index is 0.255. The van der Waals surface area contributed by atoms with E-state index in [0.29, 0.717) is 16.7 Å². The lowest BCUT2D eigenvalue weighted by atomic mass is 10.1. The van der Waals surface area contributed by atoms with Crippen LogP contribution in [0.1, 0.15) is 11.1 Å². The Kier molecular flexibility index (Phi) is 5.50. The number of amidine groups is 1. The molecule has 0 atom stereocenters. The third-order valence-electron chi connectivity index (χ3n) is 3.46. The molecule has 0 unspecified atom stereocenters. The van der Waals surface area contributed by atoms with E-state index in [9.17, 15) is 4.79 Å². The number of nitrogens with one attached hydrogen (secondary N) is 1. The highest BCUT2D eigenvalue weighted by molar-refractivity contribution is 8.18. The van der Waals surface area contributed by atoms with Crippen LogP contribution in [0.2, 0.25) is 0 Å². The highest BCUT2D eigenvalue weighted by Crippen LogP contribution is 2.26. The van der Waals surface area contributed by atoms with Crippen molar-refractivity contribution in [1.82, 2.24) is 5.32 Å². The summed E-state index contributed by atoms with van der Waals surface area (Å²) in [5, 5.41) is 11.4. The van der Waals surface area contributed by atoms with Crippen LogP contribution in [0.3, 0.4) is 0 Å². The van der Waals surface area contributed by atoms with Gasteiger partial charge in [0.2, 0.25) is 6.19 Å². The number of nitrogens with zero attached hydrogens (tertiary/aromatic N) is 2. The van der Waals surface area contributed by atoms with Gasteiger partial charge in [-0.15, -0.1) is 4.99 Å². The van der Waals surface area contributed by atoms with Gasteiger partial charge in [0, 0.05) is 6.42 Å². The van der Waals surface area contributed by atoms with Gasteiger partial charge in [0.25, 0.3) is 5.91 Å². The molecule has 1 fully saturated rings. The summed E-state index contributed by atoms with van der Waals surface area (Å²) in [6.07, 6.45) is 4.25. The first kappa shape index (κ1) is 16.8. The number of benzene rings is 2. The summed E-state index contributed by atoms with van der Waals surface area (Å²) in [6, 6.07) is 17.7. The predicted molar refractivity (Wildman–Crippen MR) is 98.8 cm³/mol. The number of thioether (sulfide) groups is 1. The second kappa shape index (κ2) is 8.18. The molecule has 0 saturated carbocycles. The Balaban J connectivity index is 1.64. The maximum atomic E-state index is 11.9. The lowest BCUT2D eigenvalue weighted by molar-refractivity contribution is -0.115. The van der Waals surface area contributed by atoms with E-state index in [-0.39, 0.29) is 5.91 Å². The van der Waals surface area contributed by atoms with Crippen molar-refractivity contribution in [2.24, 2.45) is 4.99 Å². The molecular formula is C19H15N3O2S. The molecule has 5 nitrogen and oxygen atoms in total. The molecule has 0 spiro atoms. The minimum Gasteiger partial charge on any atom is -0.493 e. The summed E-state index contributed by atoms with van der Waals surface area (Å²) in [4.78, 5) is 15.9. The molecule has 1 N–H and O–H groups in total. The molecule has 2 aromatic rings. The molecule has 6 heteroatoms. The quantitative estimate of drug-likeness (QED) is 0.663. The average Bonchev–Trinajstić information content (AvgIpc) is 2.96. The summed E-state index contributed by atoms with van der Waals surface area (Å²) < 4.78 is 5.80. The standard InChI is InChI=1S/C19H15N3O2S/c20-13-21-19-22-18(23)17(25-19)12-15-7-4-8-16(11-15)24-10-9-14-5-2-1-3-6-14/h1-8,11-12H,9-10H2,(H,21,22,23). The first-order chi connectivity index (χ1) is 12.2. The van der Waals surface area contributed by atoms with E-state index >= 15 is 0 Å². The van der Waals surface area contributed by atoms with Gasteiger partial charge in [0.1, 0.15) is 5.75 Å². The fraction of sp³-hybridized carbons (Fsp3) is 0.105. The number of hydrogen-bond donors (Lipinski definition) is 1. The van der Waals surface area contributed by atoms with E-state index in [0.717, 1.165) is 29.5 Å². The molecule has 1 heterocycles. The van der Waals surface area contributed by atoms with Crippen LogP contribution in [0.5, 0.6) is 5.75 Å². The number of hydrogen-bond acceptors (Lipinski definition) is 5. The average molecular weight is 349 g/mol. The number of nitriles is 1. The van der Waals surface area contributed by atoms with Crippen molar-refractivity contribution in [3.8, 4) is 11.9 Å². The molecular weight excluding hydrogens is 334 g/mol.